The number of benzene rings is 1. The quantitative estimate of drug-likeness (QED) is 0.637. The number of rotatable bonds is 4. The molecule has 8 nitrogen and oxygen atoms in total. The Morgan fingerprint density at radius 3 is 2.86 bits per heavy atom. The summed E-state index contributed by atoms with van der Waals surface area (Å²) in [7, 11) is 1.37. The summed E-state index contributed by atoms with van der Waals surface area (Å²) < 4.78 is 5.05. The molecule has 1 aromatic carbocycles. The van der Waals surface area contributed by atoms with Crippen LogP contribution < -0.4 is 15.4 Å². The minimum absolute atomic E-state index is 0.0630. The van der Waals surface area contributed by atoms with Gasteiger partial charge in [0.2, 0.25) is 11.8 Å². The molecule has 0 aromatic heterocycles. The number of piperidine rings is 1. The fourth-order valence-corrected chi connectivity index (χ4v) is 2.09. The molecule has 2 rings (SSSR count). The van der Waals surface area contributed by atoms with Crippen LogP contribution in [-0.4, -0.2) is 30.4 Å². The van der Waals surface area contributed by atoms with Gasteiger partial charge in [0.05, 0.1) is 29.7 Å². The van der Waals surface area contributed by atoms with E-state index in [0.717, 1.165) is 0 Å². The molecule has 1 fully saturated rings. The van der Waals surface area contributed by atoms with E-state index >= 15 is 0 Å². The first-order valence-electron chi connectivity index (χ1n) is 6.41. The van der Waals surface area contributed by atoms with E-state index in [0.29, 0.717) is 25.1 Å². The molecular formula is C13H15N3O5. The van der Waals surface area contributed by atoms with Gasteiger partial charge in [0, 0.05) is 19.0 Å². The summed E-state index contributed by atoms with van der Waals surface area (Å²) >= 11 is 0. The number of nitrogens with one attached hydrogen (secondary N) is 2. The van der Waals surface area contributed by atoms with Crippen LogP contribution >= 0.6 is 0 Å². The third-order valence-corrected chi connectivity index (χ3v) is 3.29. The van der Waals surface area contributed by atoms with Crippen LogP contribution in [0.1, 0.15) is 12.8 Å². The van der Waals surface area contributed by atoms with Gasteiger partial charge in [-0.3, -0.25) is 19.7 Å². The lowest BCUT2D eigenvalue weighted by atomic mass is 9.98. The molecule has 1 aliphatic rings. The van der Waals surface area contributed by atoms with Crippen molar-refractivity contribution in [3.05, 3.63) is 28.3 Å². The van der Waals surface area contributed by atoms with E-state index in [1.165, 1.54) is 25.3 Å². The molecule has 8 heteroatoms. The summed E-state index contributed by atoms with van der Waals surface area (Å²) in [5, 5.41) is 16.0. The van der Waals surface area contributed by atoms with Gasteiger partial charge >= 0.3 is 0 Å². The predicted octanol–water partition coefficient (Wildman–Crippen LogP) is 1.07. The van der Waals surface area contributed by atoms with Crippen LogP contribution in [0.4, 0.5) is 11.4 Å². The van der Waals surface area contributed by atoms with Crippen molar-refractivity contribution < 1.29 is 19.2 Å². The number of nitro groups is 1. The average molecular weight is 293 g/mol. The first kappa shape index (κ1) is 14.8. The second-order valence-electron chi connectivity index (χ2n) is 4.67. The molecule has 0 saturated carbocycles. The van der Waals surface area contributed by atoms with Crippen LogP contribution in [0.25, 0.3) is 0 Å². The first-order valence-corrected chi connectivity index (χ1v) is 6.41. The zero-order valence-corrected chi connectivity index (χ0v) is 11.4. The zero-order chi connectivity index (χ0) is 15.4. The van der Waals surface area contributed by atoms with Gasteiger partial charge in [-0.15, -0.1) is 0 Å². The Balaban J connectivity index is 2.10. The molecule has 0 aliphatic carbocycles. The first-order chi connectivity index (χ1) is 10.0. The van der Waals surface area contributed by atoms with E-state index in [1.54, 1.807) is 0 Å². The number of nitrogens with zero attached hydrogens (tertiary/aromatic N) is 1. The number of carbonyl (C=O) groups excluding carboxylic acids is 2. The number of non-ortho nitro benzene ring substituents is 1. The van der Waals surface area contributed by atoms with E-state index in [2.05, 4.69) is 10.6 Å². The number of ether oxygens (including phenoxy) is 1. The average Bonchev–Trinajstić information content (AvgIpc) is 2.48. The van der Waals surface area contributed by atoms with Crippen molar-refractivity contribution in [1.29, 1.82) is 0 Å². The molecule has 0 bridgehead atoms. The number of anilines is 1. The predicted molar refractivity (Wildman–Crippen MR) is 74.0 cm³/mol. The molecule has 2 N–H and O–H groups in total. The van der Waals surface area contributed by atoms with Crippen LogP contribution in [0.5, 0.6) is 5.75 Å². The lowest BCUT2D eigenvalue weighted by Gasteiger charge is -2.22. The third-order valence-electron chi connectivity index (χ3n) is 3.29. The fourth-order valence-electron chi connectivity index (χ4n) is 2.09. The molecule has 1 heterocycles. The monoisotopic (exact) mass is 293 g/mol. The van der Waals surface area contributed by atoms with Gasteiger partial charge in [0.25, 0.3) is 5.69 Å². The van der Waals surface area contributed by atoms with Gasteiger partial charge in [-0.1, -0.05) is 0 Å². The highest BCUT2D eigenvalue weighted by Gasteiger charge is 2.25. The normalized spacial score (nSPS) is 17.8. The Hall–Kier alpha value is -2.64. The van der Waals surface area contributed by atoms with Gasteiger partial charge in [-0.05, 0) is 12.5 Å². The van der Waals surface area contributed by atoms with Crippen molar-refractivity contribution in [2.45, 2.75) is 12.8 Å². The largest absolute Gasteiger partial charge is 0.494 e. The molecule has 2 amide bonds. The SMILES string of the molecule is COc1cc([N+](=O)[O-])ccc1NC(=O)C1CCC(=O)NC1. The van der Waals surface area contributed by atoms with Crippen molar-refractivity contribution >= 4 is 23.2 Å². The molecule has 1 saturated heterocycles. The second kappa shape index (κ2) is 6.21. The van der Waals surface area contributed by atoms with Gasteiger partial charge in [0.1, 0.15) is 5.75 Å². The van der Waals surface area contributed by atoms with Crippen LogP contribution in [0.3, 0.4) is 0 Å². The van der Waals surface area contributed by atoms with Crippen LogP contribution in [-0.2, 0) is 9.59 Å². The molecular weight excluding hydrogens is 278 g/mol. The number of carbonyl (C=O) groups is 2. The van der Waals surface area contributed by atoms with Crippen molar-refractivity contribution in [3.63, 3.8) is 0 Å². The van der Waals surface area contributed by atoms with E-state index in [4.69, 9.17) is 4.74 Å². The summed E-state index contributed by atoms with van der Waals surface area (Å²) in [4.78, 5) is 33.3. The van der Waals surface area contributed by atoms with Crippen molar-refractivity contribution in [2.24, 2.45) is 5.92 Å². The van der Waals surface area contributed by atoms with Crippen molar-refractivity contribution in [1.82, 2.24) is 5.32 Å². The maximum Gasteiger partial charge on any atom is 0.273 e. The number of hydrogen-bond donors (Lipinski definition) is 2. The molecule has 1 atom stereocenters. The molecule has 1 unspecified atom stereocenters. The Kier molecular flexibility index (Phi) is 4.36. The Labute approximate surface area is 120 Å². The number of amides is 2. The molecule has 0 radical (unpaired) electrons. The highest BCUT2D eigenvalue weighted by Crippen LogP contribution is 2.29. The van der Waals surface area contributed by atoms with Crippen molar-refractivity contribution in [3.8, 4) is 5.75 Å². The second-order valence-corrected chi connectivity index (χ2v) is 4.67. The van der Waals surface area contributed by atoms with Gasteiger partial charge in [0.15, 0.2) is 0 Å². The Bertz CT molecular complexity index is 577. The van der Waals surface area contributed by atoms with Crippen LogP contribution in [0.2, 0.25) is 0 Å². The lowest BCUT2D eigenvalue weighted by molar-refractivity contribution is -0.384. The van der Waals surface area contributed by atoms with Crippen molar-refractivity contribution in [2.75, 3.05) is 19.0 Å². The molecule has 112 valence electrons. The molecule has 21 heavy (non-hydrogen) atoms. The molecule has 1 aliphatic heterocycles. The Morgan fingerprint density at radius 1 is 1.52 bits per heavy atom. The Morgan fingerprint density at radius 2 is 2.29 bits per heavy atom. The molecule has 0 spiro atoms. The maximum atomic E-state index is 12.1. The number of hydrogen-bond acceptors (Lipinski definition) is 5. The van der Waals surface area contributed by atoms with E-state index in [9.17, 15) is 19.7 Å². The number of methoxy groups -OCH3 is 1. The highest BCUT2D eigenvalue weighted by molar-refractivity contribution is 5.95. The minimum Gasteiger partial charge on any atom is -0.494 e. The van der Waals surface area contributed by atoms with E-state index in [1.807, 2.05) is 0 Å². The third kappa shape index (κ3) is 3.47. The minimum atomic E-state index is -0.537. The summed E-state index contributed by atoms with van der Waals surface area (Å²) in [6.07, 6.45) is 0.794. The van der Waals surface area contributed by atoms with Gasteiger partial charge in [-0.25, -0.2) is 0 Å². The van der Waals surface area contributed by atoms with Crippen LogP contribution in [0, 0.1) is 16.0 Å². The standard InChI is InChI=1S/C13H15N3O5/c1-21-11-6-9(16(19)20)3-4-10(11)15-13(18)8-2-5-12(17)14-7-8/h3-4,6,8H,2,5,7H2,1H3,(H,14,17)(H,15,18). The molecule has 1 aromatic rings. The van der Waals surface area contributed by atoms with Gasteiger partial charge < -0.3 is 15.4 Å². The van der Waals surface area contributed by atoms with E-state index in [-0.39, 0.29) is 29.2 Å². The van der Waals surface area contributed by atoms with Crippen LogP contribution in [0.15, 0.2) is 18.2 Å². The van der Waals surface area contributed by atoms with Gasteiger partial charge in [-0.2, -0.15) is 0 Å². The smallest absolute Gasteiger partial charge is 0.273 e. The fraction of sp³-hybridized carbons (Fsp3) is 0.385. The maximum absolute atomic E-state index is 12.1. The van der Waals surface area contributed by atoms with E-state index < -0.39 is 4.92 Å². The number of nitro benzene ring substituents is 1. The summed E-state index contributed by atoms with van der Waals surface area (Å²) in [6, 6.07) is 3.97. The highest BCUT2D eigenvalue weighted by atomic mass is 16.6. The summed E-state index contributed by atoms with van der Waals surface area (Å²) in [5.74, 6) is -0.408. The topological polar surface area (TPSA) is 111 Å². The zero-order valence-electron chi connectivity index (χ0n) is 11.4. The lowest BCUT2D eigenvalue weighted by Crippen LogP contribution is -2.40. The summed E-state index contributed by atoms with van der Waals surface area (Å²) in [5.41, 5.74) is 0.250. The summed E-state index contributed by atoms with van der Waals surface area (Å²) in [6.45, 7) is 0.292.